The zero-order chi connectivity index (χ0) is 22.0. The standard InChI is InChI=1S/C28H26O3P/c29-32(30-27(25-17-9-3-10-18-25)21-23-13-5-1-6-14-23)31-28(26-19-11-4-12-20-26)22-24-15-7-2-8-16-24/h1-20,27-28H,21-22H2/q+1. The van der Waals surface area contributed by atoms with Crippen LogP contribution in [0.2, 0.25) is 0 Å². The van der Waals surface area contributed by atoms with E-state index in [0.717, 1.165) is 22.3 Å². The first kappa shape index (κ1) is 22.1. The predicted molar refractivity (Wildman–Crippen MR) is 128 cm³/mol. The molecule has 0 spiro atoms. The average molecular weight is 441 g/mol. The van der Waals surface area contributed by atoms with E-state index >= 15 is 0 Å². The number of hydrogen-bond acceptors (Lipinski definition) is 3. The molecule has 4 aromatic rings. The Morgan fingerprint density at radius 2 is 0.812 bits per heavy atom. The van der Waals surface area contributed by atoms with Gasteiger partial charge in [0, 0.05) is 17.4 Å². The monoisotopic (exact) mass is 441 g/mol. The number of hydrogen-bond donors (Lipinski definition) is 0. The molecule has 0 N–H and O–H groups in total. The van der Waals surface area contributed by atoms with E-state index in [0.29, 0.717) is 12.8 Å². The Kier molecular flexibility index (Phi) is 7.94. The van der Waals surface area contributed by atoms with Crippen molar-refractivity contribution in [3.8, 4) is 0 Å². The van der Waals surface area contributed by atoms with E-state index in [2.05, 4.69) is 24.3 Å². The van der Waals surface area contributed by atoms with Gasteiger partial charge in [-0.3, -0.25) is 0 Å². The molecule has 0 heterocycles. The van der Waals surface area contributed by atoms with E-state index in [1.165, 1.54) is 0 Å². The smallest absolute Gasteiger partial charge is 0.111 e. The lowest BCUT2D eigenvalue weighted by Crippen LogP contribution is -2.08. The molecule has 32 heavy (non-hydrogen) atoms. The van der Waals surface area contributed by atoms with Crippen LogP contribution in [0, 0.1) is 0 Å². The van der Waals surface area contributed by atoms with Gasteiger partial charge in [-0.25, -0.2) is 0 Å². The Hall–Kier alpha value is -3.10. The van der Waals surface area contributed by atoms with E-state index in [4.69, 9.17) is 9.05 Å². The summed E-state index contributed by atoms with van der Waals surface area (Å²) in [5.41, 5.74) is 4.19. The Morgan fingerprint density at radius 1 is 0.500 bits per heavy atom. The lowest BCUT2D eigenvalue weighted by molar-refractivity contribution is 0.129. The maximum Gasteiger partial charge on any atom is 0.698 e. The molecule has 0 bridgehead atoms. The molecule has 0 aliphatic carbocycles. The van der Waals surface area contributed by atoms with Crippen LogP contribution in [0.4, 0.5) is 0 Å². The summed E-state index contributed by atoms with van der Waals surface area (Å²) >= 11 is 0. The van der Waals surface area contributed by atoms with Crippen LogP contribution in [0.5, 0.6) is 0 Å². The molecular weight excluding hydrogens is 415 g/mol. The van der Waals surface area contributed by atoms with Crippen LogP contribution in [-0.2, 0) is 26.5 Å². The zero-order valence-corrected chi connectivity index (χ0v) is 18.7. The molecule has 0 aromatic heterocycles. The fourth-order valence-corrected chi connectivity index (χ4v) is 4.51. The minimum Gasteiger partial charge on any atom is -0.111 e. The average Bonchev–Trinajstić information content (AvgIpc) is 2.86. The van der Waals surface area contributed by atoms with E-state index in [1.807, 2.05) is 97.1 Å². The largest absolute Gasteiger partial charge is 0.698 e. The third-order valence-corrected chi connectivity index (χ3v) is 6.15. The minimum atomic E-state index is -2.35. The Morgan fingerprint density at radius 3 is 1.16 bits per heavy atom. The van der Waals surface area contributed by atoms with Crippen LogP contribution in [0.3, 0.4) is 0 Å². The molecule has 0 saturated carbocycles. The van der Waals surface area contributed by atoms with Crippen molar-refractivity contribution < 1.29 is 13.6 Å². The molecule has 0 radical (unpaired) electrons. The Bertz CT molecular complexity index is 998. The van der Waals surface area contributed by atoms with Gasteiger partial charge in [0.25, 0.3) is 0 Å². The van der Waals surface area contributed by atoms with E-state index < -0.39 is 8.25 Å². The molecule has 4 rings (SSSR count). The topological polar surface area (TPSA) is 35.5 Å². The summed E-state index contributed by atoms with van der Waals surface area (Å²) in [6.45, 7) is 0. The molecule has 0 amide bonds. The summed E-state index contributed by atoms with van der Waals surface area (Å²) in [6, 6.07) is 39.9. The van der Waals surface area contributed by atoms with Gasteiger partial charge in [-0.2, -0.15) is 0 Å². The first-order valence-electron chi connectivity index (χ1n) is 10.8. The summed E-state index contributed by atoms with van der Waals surface area (Å²) < 4.78 is 25.1. The van der Waals surface area contributed by atoms with Crippen molar-refractivity contribution in [1.82, 2.24) is 0 Å². The van der Waals surface area contributed by atoms with Gasteiger partial charge in [-0.1, -0.05) is 121 Å². The second kappa shape index (κ2) is 11.5. The molecule has 4 heteroatoms. The summed E-state index contributed by atoms with van der Waals surface area (Å²) in [7, 11) is -2.35. The van der Waals surface area contributed by atoms with Crippen molar-refractivity contribution in [3.05, 3.63) is 144 Å². The highest BCUT2D eigenvalue weighted by atomic mass is 31.1. The predicted octanol–water partition coefficient (Wildman–Crippen LogP) is 7.65. The maximum absolute atomic E-state index is 13.1. The third-order valence-electron chi connectivity index (χ3n) is 5.30. The molecule has 0 saturated heterocycles. The van der Waals surface area contributed by atoms with Crippen LogP contribution in [0.1, 0.15) is 34.5 Å². The van der Waals surface area contributed by atoms with Gasteiger partial charge < -0.3 is 0 Å². The van der Waals surface area contributed by atoms with E-state index in [-0.39, 0.29) is 12.2 Å². The highest BCUT2D eigenvalue weighted by Crippen LogP contribution is 2.40. The molecule has 0 aliphatic rings. The SMILES string of the molecule is O=[P+](OC(Cc1ccccc1)c1ccccc1)OC(Cc1ccccc1)c1ccccc1. The van der Waals surface area contributed by atoms with Crippen LogP contribution >= 0.6 is 8.25 Å². The van der Waals surface area contributed by atoms with Crippen molar-refractivity contribution in [2.24, 2.45) is 0 Å². The minimum absolute atomic E-state index is 0.365. The van der Waals surface area contributed by atoms with Gasteiger partial charge in [-0.15, -0.1) is 9.05 Å². The third kappa shape index (κ3) is 6.45. The van der Waals surface area contributed by atoms with Crippen LogP contribution < -0.4 is 0 Å². The molecule has 2 atom stereocenters. The van der Waals surface area contributed by atoms with Crippen LogP contribution in [-0.4, -0.2) is 0 Å². The fraction of sp³-hybridized carbons (Fsp3) is 0.143. The zero-order valence-electron chi connectivity index (χ0n) is 17.8. The number of benzene rings is 4. The molecule has 0 fully saturated rings. The summed E-state index contributed by atoms with van der Waals surface area (Å²) in [5, 5.41) is 0. The first-order valence-corrected chi connectivity index (χ1v) is 11.9. The van der Waals surface area contributed by atoms with Crippen molar-refractivity contribution in [1.29, 1.82) is 0 Å². The van der Waals surface area contributed by atoms with Crippen LogP contribution in [0.15, 0.2) is 121 Å². The second-order valence-corrected chi connectivity index (χ2v) is 8.48. The summed E-state index contributed by atoms with van der Waals surface area (Å²) in [6.07, 6.45) is 0.499. The highest BCUT2D eigenvalue weighted by Gasteiger charge is 2.33. The highest BCUT2D eigenvalue weighted by molar-refractivity contribution is 7.33. The van der Waals surface area contributed by atoms with Crippen molar-refractivity contribution in [2.45, 2.75) is 25.0 Å². The fourth-order valence-electron chi connectivity index (χ4n) is 3.66. The Labute approximate surface area is 190 Å². The summed E-state index contributed by atoms with van der Waals surface area (Å²) in [4.78, 5) is 0. The lowest BCUT2D eigenvalue weighted by Gasteiger charge is -2.14. The van der Waals surface area contributed by atoms with Gasteiger partial charge >= 0.3 is 8.25 Å². The summed E-state index contributed by atoms with van der Waals surface area (Å²) in [5.74, 6) is 0. The van der Waals surface area contributed by atoms with Crippen LogP contribution in [0.25, 0.3) is 0 Å². The van der Waals surface area contributed by atoms with Gasteiger partial charge in [0.05, 0.1) is 0 Å². The van der Waals surface area contributed by atoms with Gasteiger partial charge in [0.15, 0.2) is 0 Å². The lowest BCUT2D eigenvalue weighted by atomic mass is 10.0. The van der Waals surface area contributed by atoms with Crippen molar-refractivity contribution >= 4 is 8.25 Å². The number of rotatable bonds is 10. The van der Waals surface area contributed by atoms with Gasteiger partial charge in [-0.05, 0) is 22.3 Å². The van der Waals surface area contributed by atoms with Gasteiger partial charge in [0.2, 0.25) is 0 Å². The van der Waals surface area contributed by atoms with E-state index in [9.17, 15) is 4.57 Å². The normalized spacial score (nSPS) is 13.3. The van der Waals surface area contributed by atoms with Crippen molar-refractivity contribution in [2.75, 3.05) is 0 Å². The second-order valence-electron chi connectivity index (χ2n) is 7.61. The molecule has 3 nitrogen and oxygen atoms in total. The van der Waals surface area contributed by atoms with E-state index in [1.54, 1.807) is 0 Å². The van der Waals surface area contributed by atoms with Crippen molar-refractivity contribution in [3.63, 3.8) is 0 Å². The molecular formula is C28H26O3P+. The van der Waals surface area contributed by atoms with Gasteiger partial charge in [0.1, 0.15) is 12.2 Å². The molecule has 0 aliphatic heterocycles. The first-order chi connectivity index (χ1) is 15.8. The maximum atomic E-state index is 13.1. The quantitative estimate of drug-likeness (QED) is 0.237. The Balaban J connectivity index is 1.51. The molecule has 160 valence electrons. The molecule has 2 unspecified atom stereocenters. The molecule has 4 aromatic carbocycles.